The summed E-state index contributed by atoms with van der Waals surface area (Å²) >= 11 is 0. The summed E-state index contributed by atoms with van der Waals surface area (Å²) in [7, 11) is 0. The van der Waals surface area contributed by atoms with Gasteiger partial charge in [-0.2, -0.15) is 5.26 Å². The lowest BCUT2D eigenvalue weighted by atomic mass is 9.87. The van der Waals surface area contributed by atoms with E-state index >= 15 is 0 Å². The molecule has 1 aromatic heterocycles. The van der Waals surface area contributed by atoms with Gasteiger partial charge in [0.05, 0.1) is 6.10 Å². The molecule has 2 aliphatic heterocycles. The fraction of sp³-hybridized carbons (Fsp3) is 0.462. The molecule has 2 amide bonds. The van der Waals surface area contributed by atoms with Crippen LogP contribution in [0, 0.1) is 11.5 Å². The van der Waals surface area contributed by atoms with Gasteiger partial charge in [-0.3, -0.25) is 24.4 Å². The SMILES string of the molecule is CC(C)(C)c1ccc(N(C(=O)C2CCCN2C#N)C(C(=O)N2CC(O)C2)c2cccnc2)cc1. The number of pyridine rings is 1. The Morgan fingerprint density at radius 1 is 1.21 bits per heavy atom. The van der Waals surface area contributed by atoms with Crippen molar-refractivity contribution < 1.29 is 14.7 Å². The van der Waals surface area contributed by atoms with Crippen molar-refractivity contribution in [3.8, 4) is 6.19 Å². The maximum atomic E-state index is 14.0. The molecule has 178 valence electrons. The monoisotopic (exact) mass is 461 g/mol. The number of hydrogen-bond donors (Lipinski definition) is 1. The van der Waals surface area contributed by atoms with E-state index < -0.39 is 18.2 Å². The smallest absolute Gasteiger partial charge is 0.251 e. The van der Waals surface area contributed by atoms with Crippen molar-refractivity contribution in [3.05, 3.63) is 59.9 Å². The van der Waals surface area contributed by atoms with Gasteiger partial charge in [-0.05, 0) is 42.0 Å². The topological polar surface area (TPSA) is 101 Å². The summed E-state index contributed by atoms with van der Waals surface area (Å²) in [4.78, 5) is 36.5. The normalized spacial score (nSPS) is 19.3. The fourth-order valence-electron chi connectivity index (χ4n) is 4.58. The van der Waals surface area contributed by atoms with Gasteiger partial charge in [-0.25, -0.2) is 0 Å². The molecule has 1 N–H and O–H groups in total. The molecule has 3 heterocycles. The van der Waals surface area contributed by atoms with E-state index in [0.717, 1.165) is 12.0 Å². The van der Waals surface area contributed by atoms with Gasteiger partial charge in [0, 0.05) is 43.3 Å². The van der Waals surface area contributed by atoms with Gasteiger partial charge in [0.1, 0.15) is 12.1 Å². The van der Waals surface area contributed by atoms with Crippen LogP contribution in [0.25, 0.3) is 0 Å². The number of likely N-dealkylation sites (tertiary alicyclic amines) is 2. The molecule has 2 fully saturated rings. The van der Waals surface area contributed by atoms with Crippen LogP contribution in [0.4, 0.5) is 5.69 Å². The lowest BCUT2D eigenvalue weighted by Gasteiger charge is -2.42. The van der Waals surface area contributed by atoms with Crippen LogP contribution in [0.5, 0.6) is 0 Å². The minimum Gasteiger partial charge on any atom is -0.389 e. The Labute approximate surface area is 200 Å². The maximum Gasteiger partial charge on any atom is 0.251 e. The Hall–Kier alpha value is -3.44. The van der Waals surface area contributed by atoms with E-state index in [1.807, 2.05) is 24.3 Å². The molecule has 2 saturated heterocycles. The van der Waals surface area contributed by atoms with Gasteiger partial charge in [0.15, 0.2) is 6.19 Å². The number of amides is 2. The zero-order chi connectivity index (χ0) is 24.5. The van der Waals surface area contributed by atoms with Crippen LogP contribution in [0.1, 0.15) is 50.8 Å². The highest BCUT2D eigenvalue weighted by Gasteiger charge is 2.43. The molecule has 8 heteroatoms. The number of benzene rings is 1. The van der Waals surface area contributed by atoms with Crippen molar-refractivity contribution in [3.63, 3.8) is 0 Å². The number of hydrogen-bond acceptors (Lipinski definition) is 6. The third kappa shape index (κ3) is 4.62. The number of nitriles is 1. The summed E-state index contributed by atoms with van der Waals surface area (Å²) in [6, 6.07) is 9.64. The maximum absolute atomic E-state index is 14.0. The van der Waals surface area contributed by atoms with Crippen LogP contribution in [0.3, 0.4) is 0 Å². The molecule has 8 nitrogen and oxygen atoms in total. The number of carbonyl (C=O) groups is 2. The minimum atomic E-state index is -0.949. The first kappa shape index (κ1) is 23.7. The van der Waals surface area contributed by atoms with E-state index in [4.69, 9.17) is 0 Å². The van der Waals surface area contributed by atoms with Crippen LogP contribution in [-0.4, -0.2) is 63.5 Å². The molecule has 2 aromatic rings. The Balaban J connectivity index is 1.81. The Morgan fingerprint density at radius 2 is 1.91 bits per heavy atom. The van der Waals surface area contributed by atoms with Crippen molar-refractivity contribution in [1.82, 2.24) is 14.8 Å². The highest BCUT2D eigenvalue weighted by molar-refractivity contribution is 6.04. The van der Waals surface area contributed by atoms with Crippen LogP contribution in [0.2, 0.25) is 0 Å². The number of β-amino-alcohol motifs (C(OH)–C–C–N with tert-alkyl or cyclic N) is 1. The first-order valence-corrected chi connectivity index (χ1v) is 11.7. The highest BCUT2D eigenvalue weighted by atomic mass is 16.3. The van der Waals surface area contributed by atoms with E-state index in [-0.39, 0.29) is 30.3 Å². The van der Waals surface area contributed by atoms with E-state index in [0.29, 0.717) is 24.2 Å². The predicted molar refractivity (Wildman–Crippen MR) is 128 cm³/mol. The van der Waals surface area contributed by atoms with E-state index in [1.54, 1.807) is 29.4 Å². The zero-order valence-corrected chi connectivity index (χ0v) is 19.9. The third-order valence-electron chi connectivity index (χ3n) is 6.58. The van der Waals surface area contributed by atoms with Crippen molar-refractivity contribution in [2.45, 2.75) is 57.2 Å². The van der Waals surface area contributed by atoms with Gasteiger partial charge in [0.2, 0.25) is 0 Å². The van der Waals surface area contributed by atoms with Gasteiger partial charge in [-0.1, -0.05) is 39.0 Å². The number of nitrogens with zero attached hydrogens (tertiary/aromatic N) is 5. The quantitative estimate of drug-likeness (QED) is 0.687. The summed E-state index contributed by atoms with van der Waals surface area (Å²) in [6.45, 7) is 7.33. The first-order chi connectivity index (χ1) is 16.2. The molecular weight excluding hydrogens is 430 g/mol. The Morgan fingerprint density at radius 3 is 2.47 bits per heavy atom. The number of aliphatic hydroxyl groups is 1. The summed E-state index contributed by atoms with van der Waals surface area (Å²) < 4.78 is 0. The van der Waals surface area contributed by atoms with E-state index in [9.17, 15) is 20.0 Å². The van der Waals surface area contributed by atoms with Gasteiger partial charge < -0.3 is 10.0 Å². The van der Waals surface area contributed by atoms with Crippen LogP contribution >= 0.6 is 0 Å². The molecule has 0 radical (unpaired) electrons. The van der Waals surface area contributed by atoms with Crippen LogP contribution in [-0.2, 0) is 15.0 Å². The van der Waals surface area contributed by atoms with Crippen LogP contribution in [0.15, 0.2) is 48.8 Å². The molecule has 0 aliphatic carbocycles. The second-order valence-electron chi connectivity index (χ2n) is 10.0. The zero-order valence-electron chi connectivity index (χ0n) is 19.9. The predicted octanol–water partition coefficient (Wildman–Crippen LogP) is 2.60. The van der Waals surface area contributed by atoms with E-state index in [2.05, 4.69) is 31.9 Å². The first-order valence-electron chi connectivity index (χ1n) is 11.7. The standard InChI is InChI=1S/C26H31N5O3/c1-26(2,3)19-8-10-20(11-9-19)31(24(33)22-7-5-13-29(22)17-27)23(18-6-4-12-28-14-18)25(34)30-15-21(32)16-30/h4,6,8-12,14,21-23,32H,5,7,13,15-16H2,1-3H3. The molecule has 1 aromatic carbocycles. The van der Waals surface area contributed by atoms with Crippen LogP contribution < -0.4 is 4.90 Å². The van der Waals surface area contributed by atoms with Crippen molar-refractivity contribution in [2.75, 3.05) is 24.5 Å². The minimum absolute atomic E-state index is 0.0667. The lowest BCUT2D eigenvalue weighted by Crippen LogP contribution is -2.58. The molecule has 0 spiro atoms. The molecular formula is C26H31N5O3. The summed E-state index contributed by atoms with van der Waals surface area (Å²) in [5, 5.41) is 19.4. The Kier molecular flexibility index (Phi) is 6.58. The average molecular weight is 462 g/mol. The lowest BCUT2D eigenvalue weighted by molar-refractivity contribution is -0.144. The number of aromatic nitrogens is 1. The molecule has 4 rings (SSSR count). The Bertz CT molecular complexity index is 1070. The summed E-state index contributed by atoms with van der Waals surface area (Å²) in [5.74, 6) is -0.557. The van der Waals surface area contributed by atoms with Gasteiger partial charge >= 0.3 is 0 Å². The largest absolute Gasteiger partial charge is 0.389 e. The van der Waals surface area contributed by atoms with Gasteiger partial charge in [0.25, 0.3) is 11.8 Å². The molecule has 2 atom stereocenters. The second kappa shape index (κ2) is 9.43. The second-order valence-corrected chi connectivity index (χ2v) is 10.0. The molecule has 2 aliphatic rings. The number of anilines is 1. The summed E-state index contributed by atoms with van der Waals surface area (Å²) in [6.07, 6.45) is 6.09. The fourth-order valence-corrected chi connectivity index (χ4v) is 4.58. The molecule has 34 heavy (non-hydrogen) atoms. The number of rotatable bonds is 5. The summed E-state index contributed by atoms with van der Waals surface area (Å²) in [5.41, 5.74) is 2.22. The highest BCUT2D eigenvalue weighted by Crippen LogP contribution is 2.34. The van der Waals surface area contributed by atoms with Crippen molar-refractivity contribution >= 4 is 17.5 Å². The van der Waals surface area contributed by atoms with E-state index in [1.165, 1.54) is 9.80 Å². The van der Waals surface area contributed by atoms with Gasteiger partial charge in [-0.15, -0.1) is 0 Å². The molecule has 0 saturated carbocycles. The molecule has 2 unspecified atom stereocenters. The third-order valence-corrected chi connectivity index (χ3v) is 6.58. The number of carbonyl (C=O) groups excluding carboxylic acids is 2. The molecule has 0 bridgehead atoms. The van der Waals surface area contributed by atoms with Crippen molar-refractivity contribution in [1.29, 1.82) is 5.26 Å². The van der Waals surface area contributed by atoms with Crippen molar-refractivity contribution in [2.24, 2.45) is 0 Å². The number of aliphatic hydroxyl groups excluding tert-OH is 1. The average Bonchev–Trinajstić information content (AvgIpc) is 3.29.